The first-order valence-electron chi connectivity index (χ1n) is 13.3. The van der Waals surface area contributed by atoms with E-state index < -0.39 is 0 Å². The second kappa shape index (κ2) is 22.4. The average molecular weight is 497 g/mol. The van der Waals surface area contributed by atoms with Crippen LogP contribution in [0.2, 0.25) is 0 Å². The first kappa shape index (κ1) is 35.1. The van der Waals surface area contributed by atoms with Crippen LogP contribution in [-0.2, 0) is 11.2 Å². The van der Waals surface area contributed by atoms with E-state index in [9.17, 15) is 4.79 Å². The highest BCUT2D eigenvalue weighted by Crippen LogP contribution is 2.15. The van der Waals surface area contributed by atoms with Gasteiger partial charge in [-0.2, -0.15) is 0 Å². The number of aliphatic imine (C=N–C) groups is 1. The van der Waals surface area contributed by atoms with Crippen molar-refractivity contribution < 1.29 is 4.79 Å². The van der Waals surface area contributed by atoms with Crippen LogP contribution in [0.1, 0.15) is 67.4 Å². The molecule has 5 nitrogen and oxygen atoms in total. The maximum absolute atomic E-state index is 11.1. The van der Waals surface area contributed by atoms with Gasteiger partial charge in [0.2, 0.25) is 0 Å². The van der Waals surface area contributed by atoms with Gasteiger partial charge in [0.25, 0.3) is 0 Å². The topological polar surface area (TPSA) is 56.7 Å². The van der Waals surface area contributed by atoms with Gasteiger partial charge < -0.3 is 15.5 Å². The number of ketones is 1. The summed E-state index contributed by atoms with van der Waals surface area (Å²) in [7, 11) is 5.87. The summed E-state index contributed by atoms with van der Waals surface area (Å²) in [5.41, 5.74) is 5.83. The molecule has 0 saturated heterocycles. The van der Waals surface area contributed by atoms with Crippen LogP contribution in [0.4, 0.5) is 5.69 Å². The van der Waals surface area contributed by atoms with Crippen molar-refractivity contribution in [2.24, 2.45) is 4.99 Å². The van der Waals surface area contributed by atoms with E-state index in [-0.39, 0.29) is 5.78 Å². The Bertz CT molecular complexity index is 890. The molecule has 0 unspecified atom stereocenters. The summed E-state index contributed by atoms with van der Waals surface area (Å²) >= 11 is 0. The normalized spacial score (nSPS) is 12.6. The van der Waals surface area contributed by atoms with Crippen LogP contribution < -0.4 is 10.6 Å². The second-order valence-corrected chi connectivity index (χ2v) is 7.80. The third-order valence-electron chi connectivity index (χ3n) is 4.78. The summed E-state index contributed by atoms with van der Waals surface area (Å²) in [5, 5.41) is 6.57. The first-order valence-corrected chi connectivity index (χ1v) is 13.3. The van der Waals surface area contributed by atoms with Crippen molar-refractivity contribution in [1.29, 1.82) is 0 Å². The molecule has 0 saturated carbocycles. The predicted octanol–water partition coefficient (Wildman–Crippen LogP) is 7.20. The van der Waals surface area contributed by atoms with Crippen LogP contribution in [-0.4, -0.2) is 50.8 Å². The predicted molar refractivity (Wildman–Crippen MR) is 162 cm³/mol. The number of hydrogen-bond donors (Lipinski definition) is 2. The molecule has 1 aromatic rings. The highest BCUT2D eigenvalue weighted by atomic mass is 16.1. The minimum atomic E-state index is 0.0662. The molecule has 202 valence electrons. The molecule has 0 bridgehead atoms. The molecule has 0 amide bonds. The fourth-order valence-corrected chi connectivity index (χ4v) is 3.37. The van der Waals surface area contributed by atoms with Crippen molar-refractivity contribution in [3.8, 4) is 0 Å². The Balaban J connectivity index is 0. The maximum Gasteiger partial charge on any atom is 0.154 e. The summed E-state index contributed by atoms with van der Waals surface area (Å²) in [5.74, 6) is 1.10. The largest absolute Gasteiger partial charge is 0.387 e. The van der Waals surface area contributed by atoms with Gasteiger partial charge in [0.05, 0.1) is 6.54 Å². The van der Waals surface area contributed by atoms with Gasteiger partial charge in [-0.25, -0.2) is 0 Å². The molecule has 0 fully saturated rings. The van der Waals surface area contributed by atoms with Crippen LogP contribution >= 0.6 is 0 Å². The summed E-state index contributed by atoms with van der Waals surface area (Å²) < 4.78 is 0. The minimum absolute atomic E-state index is 0.0662. The quantitative estimate of drug-likeness (QED) is 0.227. The molecule has 0 radical (unpaired) electrons. The van der Waals surface area contributed by atoms with Gasteiger partial charge in [-0.3, -0.25) is 9.79 Å². The smallest absolute Gasteiger partial charge is 0.154 e. The van der Waals surface area contributed by atoms with E-state index in [0.29, 0.717) is 6.54 Å². The molecular formula is C31H52N4O. The Morgan fingerprint density at radius 1 is 1.11 bits per heavy atom. The lowest BCUT2D eigenvalue weighted by Gasteiger charge is -2.16. The van der Waals surface area contributed by atoms with Crippen LogP contribution in [0.25, 0.3) is 0 Å². The zero-order valence-corrected chi connectivity index (χ0v) is 24.8. The Kier molecular flexibility index (Phi) is 21.8. The lowest BCUT2D eigenvalue weighted by Crippen LogP contribution is -2.23. The van der Waals surface area contributed by atoms with E-state index in [1.54, 1.807) is 13.0 Å². The van der Waals surface area contributed by atoms with Crippen LogP contribution in [0.3, 0.4) is 0 Å². The molecule has 2 rings (SSSR count). The van der Waals surface area contributed by atoms with E-state index in [0.717, 1.165) is 36.6 Å². The fourth-order valence-electron chi connectivity index (χ4n) is 3.37. The molecule has 0 spiro atoms. The van der Waals surface area contributed by atoms with Gasteiger partial charge >= 0.3 is 0 Å². The zero-order chi connectivity index (χ0) is 27.9. The molecule has 0 atom stereocenters. The van der Waals surface area contributed by atoms with Crippen LogP contribution in [0.5, 0.6) is 0 Å². The third-order valence-corrected chi connectivity index (χ3v) is 4.78. The number of rotatable bonds is 8. The van der Waals surface area contributed by atoms with Crippen molar-refractivity contribution in [2.45, 2.75) is 68.2 Å². The monoisotopic (exact) mass is 496 g/mol. The number of nitrogens with zero attached hydrogens (tertiary/aromatic N) is 2. The SMILES string of the molecule is CC.CC.CCN/C(=C\C(C)=O)CNc1ccccc1CC.CN=C(C1=CCC=CC(C)=C1)N(C)C. The van der Waals surface area contributed by atoms with E-state index in [2.05, 4.69) is 65.9 Å². The Labute approximate surface area is 222 Å². The zero-order valence-electron chi connectivity index (χ0n) is 24.8. The number of aryl methyl sites for hydroxylation is 1. The number of amidine groups is 1. The summed E-state index contributed by atoms with van der Waals surface area (Å²) in [6.45, 7) is 17.3. The van der Waals surface area contributed by atoms with Crippen molar-refractivity contribution in [2.75, 3.05) is 39.5 Å². The maximum atomic E-state index is 11.1. The summed E-state index contributed by atoms with van der Waals surface area (Å²) in [6, 6.07) is 8.24. The van der Waals surface area contributed by atoms with Crippen molar-refractivity contribution >= 4 is 17.3 Å². The molecule has 0 heterocycles. The molecule has 5 heteroatoms. The van der Waals surface area contributed by atoms with Gasteiger partial charge in [0, 0.05) is 50.7 Å². The lowest BCUT2D eigenvalue weighted by atomic mass is 10.1. The number of carbonyl (C=O) groups is 1. The van der Waals surface area contributed by atoms with Gasteiger partial charge in [-0.1, -0.05) is 76.6 Å². The van der Waals surface area contributed by atoms with Gasteiger partial charge in [-0.15, -0.1) is 0 Å². The van der Waals surface area contributed by atoms with Crippen LogP contribution in [0, 0.1) is 0 Å². The Morgan fingerprint density at radius 2 is 1.75 bits per heavy atom. The number of nitrogens with one attached hydrogen (secondary N) is 2. The van der Waals surface area contributed by atoms with Crippen molar-refractivity contribution in [1.82, 2.24) is 10.2 Å². The molecule has 36 heavy (non-hydrogen) atoms. The Hall–Kier alpha value is -3.08. The first-order chi connectivity index (χ1) is 17.3. The number of carbonyl (C=O) groups excluding carboxylic acids is 1. The summed E-state index contributed by atoms with van der Waals surface area (Å²) in [6.07, 6.45) is 12.3. The second-order valence-electron chi connectivity index (χ2n) is 7.80. The number of hydrogen-bond acceptors (Lipinski definition) is 4. The third kappa shape index (κ3) is 15.0. The highest BCUT2D eigenvalue weighted by Gasteiger charge is 2.07. The summed E-state index contributed by atoms with van der Waals surface area (Å²) in [4.78, 5) is 17.5. The van der Waals surface area contributed by atoms with E-state index in [1.807, 2.05) is 72.8 Å². The molecule has 0 aliphatic heterocycles. The van der Waals surface area contributed by atoms with Gasteiger partial charge in [0.15, 0.2) is 5.78 Å². The average Bonchev–Trinajstić information content (AvgIpc) is 3.09. The molecule has 1 aliphatic rings. The standard InChI is InChI=1S/C15H22N2O.C12H18N2.2C2H6/c1-4-13-8-6-7-9-15(13)17-11-14(16-5-2)10-12(3)18;1-10-7-5-6-8-11(9-10)12(13-2)14(3)4;2*1-2/h6-10,16-17H,4-5,11H2,1-3H3;5,7-9H,6H2,1-4H3;2*1-2H3/b14-10-;;;. The van der Waals surface area contributed by atoms with Crippen molar-refractivity contribution in [3.05, 3.63) is 77.1 Å². The molecule has 1 aromatic carbocycles. The van der Waals surface area contributed by atoms with Crippen molar-refractivity contribution in [3.63, 3.8) is 0 Å². The van der Waals surface area contributed by atoms with Crippen LogP contribution in [0.15, 0.2) is 76.5 Å². The number of benzene rings is 1. The number of allylic oxidation sites excluding steroid dienone is 5. The van der Waals surface area contributed by atoms with E-state index in [1.165, 1.54) is 16.7 Å². The van der Waals surface area contributed by atoms with Gasteiger partial charge in [0.1, 0.15) is 5.84 Å². The molecular weight excluding hydrogens is 444 g/mol. The van der Waals surface area contributed by atoms with E-state index >= 15 is 0 Å². The highest BCUT2D eigenvalue weighted by molar-refractivity contribution is 6.00. The minimum Gasteiger partial charge on any atom is -0.387 e. The molecule has 1 aliphatic carbocycles. The number of para-hydroxylation sites is 1. The van der Waals surface area contributed by atoms with Gasteiger partial charge in [-0.05, 0) is 51.3 Å². The van der Waals surface area contributed by atoms with E-state index in [4.69, 9.17) is 0 Å². The number of likely N-dealkylation sites (N-methyl/N-ethyl adjacent to an activating group) is 2. The molecule has 2 N–H and O–H groups in total. The molecule has 0 aromatic heterocycles. The lowest BCUT2D eigenvalue weighted by molar-refractivity contribution is -0.112. The number of anilines is 1. The Morgan fingerprint density at radius 3 is 2.28 bits per heavy atom. The fraction of sp³-hybridized carbons (Fsp3) is 0.484.